The lowest BCUT2D eigenvalue weighted by Gasteiger charge is -2.24. The number of allylic oxidation sites excluding steroid dienone is 2. The third kappa shape index (κ3) is 34.6. The molecule has 1 N–H and O–H groups in total. The maximum Gasteiger partial charge on any atom is 0.472 e. The molecule has 0 aliphatic rings. The van der Waals surface area contributed by atoms with Gasteiger partial charge in [0.1, 0.15) is 19.8 Å². The molecule has 0 amide bonds. The molecule has 0 aliphatic carbocycles. The Labute approximate surface area is 295 Å². The molecule has 0 aromatic carbocycles. The van der Waals surface area contributed by atoms with Crippen LogP contribution in [0.3, 0.4) is 0 Å². The number of quaternary nitrogens is 1. The number of carbonyl (C=O) groups excluding carboxylic acids is 2. The van der Waals surface area contributed by atoms with Crippen LogP contribution in [-0.4, -0.2) is 74.9 Å². The summed E-state index contributed by atoms with van der Waals surface area (Å²) in [5, 5.41) is 0. The number of phosphoric ester groups is 1. The Bertz CT molecular complexity index is 845. The highest BCUT2D eigenvalue weighted by molar-refractivity contribution is 7.47. The van der Waals surface area contributed by atoms with Gasteiger partial charge in [0, 0.05) is 12.8 Å². The molecule has 0 spiro atoms. The van der Waals surface area contributed by atoms with Crippen molar-refractivity contribution < 1.29 is 42.1 Å². The van der Waals surface area contributed by atoms with Gasteiger partial charge in [0.05, 0.1) is 27.7 Å². The first-order chi connectivity index (χ1) is 23.0. The smallest absolute Gasteiger partial charge is 0.462 e. The molecule has 0 aromatic heterocycles. The van der Waals surface area contributed by atoms with Crippen molar-refractivity contribution >= 4 is 19.8 Å². The first-order valence-corrected chi connectivity index (χ1v) is 20.9. The van der Waals surface area contributed by atoms with Gasteiger partial charge in [-0.25, -0.2) is 4.57 Å². The molecule has 0 aromatic rings. The second-order valence-electron chi connectivity index (χ2n) is 14.3. The van der Waals surface area contributed by atoms with E-state index in [4.69, 9.17) is 18.5 Å². The van der Waals surface area contributed by atoms with E-state index in [1.54, 1.807) is 0 Å². The van der Waals surface area contributed by atoms with E-state index in [2.05, 4.69) is 26.0 Å². The van der Waals surface area contributed by atoms with Crippen molar-refractivity contribution in [2.75, 3.05) is 47.5 Å². The molecule has 0 saturated carbocycles. The number of rotatable bonds is 35. The summed E-state index contributed by atoms with van der Waals surface area (Å²) in [7, 11) is 1.48. The van der Waals surface area contributed by atoms with Crippen LogP contribution in [0.2, 0.25) is 0 Å². The summed E-state index contributed by atoms with van der Waals surface area (Å²) in [5.41, 5.74) is 0. The third-order valence-corrected chi connectivity index (χ3v) is 9.28. The summed E-state index contributed by atoms with van der Waals surface area (Å²) in [6.45, 7) is 4.38. The van der Waals surface area contributed by atoms with Crippen molar-refractivity contribution in [1.29, 1.82) is 0 Å². The van der Waals surface area contributed by atoms with Gasteiger partial charge >= 0.3 is 19.8 Å². The molecule has 2 atom stereocenters. The lowest BCUT2D eigenvalue weighted by molar-refractivity contribution is -0.870. The van der Waals surface area contributed by atoms with Crippen LogP contribution in [0.5, 0.6) is 0 Å². The molecule has 0 radical (unpaired) electrons. The molecule has 10 heteroatoms. The summed E-state index contributed by atoms with van der Waals surface area (Å²) < 4.78 is 34.1. The Morgan fingerprint density at radius 1 is 0.625 bits per heavy atom. The van der Waals surface area contributed by atoms with Gasteiger partial charge in [-0.3, -0.25) is 18.6 Å². The van der Waals surface area contributed by atoms with Crippen molar-refractivity contribution in [3.8, 4) is 0 Å². The van der Waals surface area contributed by atoms with Gasteiger partial charge in [0.15, 0.2) is 6.10 Å². The standard InChI is InChI=1S/C38H74NO8P/c1-6-8-10-12-14-16-18-19-20-21-23-24-26-28-30-37(40)44-34-36(35-46-48(42,43)45-33-32-39(3,4)5)47-38(41)31-29-27-25-22-17-15-13-11-9-7-2/h18-19,36H,6-17,20-35H2,1-5H3/p+1/b19-18-/t36-/m1/s1. The van der Waals surface area contributed by atoms with Gasteiger partial charge in [0.25, 0.3) is 0 Å². The Kier molecular flexibility index (Phi) is 30.9. The minimum absolute atomic E-state index is 0.0331. The maximum absolute atomic E-state index is 12.6. The molecule has 284 valence electrons. The number of carbonyl (C=O) groups is 2. The van der Waals surface area contributed by atoms with E-state index in [1.165, 1.54) is 83.5 Å². The lowest BCUT2D eigenvalue weighted by Crippen LogP contribution is -2.37. The normalized spacial score (nSPS) is 13.9. The van der Waals surface area contributed by atoms with E-state index < -0.39 is 26.5 Å². The first-order valence-electron chi connectivity index (χ1n) is 19.4. The Hall–Kier alpha value is -1.25. The number of ether oxygens (including phenoxy) is 2. The van der Waals surface area contributed by atoms with Gasteiger partial charge in [-0.15, -0.1) is 0 Å². The Morgan fingerprint density at radius 3 is 1.54 bits per heavy atom. The zero-order chi connectivity index (χ0) is 35.8. The molecule has 0 saturated heterocycles. The van der Waals surface area contributed by atoms with Crippen molar-refractivity contribution in [3.05, 3.63) is 12.2 Å². The Morgan fingerprint density at radius 2 is 1.06 bits per heavy atom. The maximum atomic E-state index is 12.6. The van der Waals surface area contributed by atoms with Crippen LogP contribution >= 0.6 is 7.82 Å². The number of likely N-dealkylation sites (N-methyl/N-ethyl adjacent to an activating group) is 1. The second-order valence-corrected chi connectivity index (χ2v) is 15.8. The van der Waals surface area contributed by atoms with Crippen LogP contribution in [0.25, 0.3) is 0 Å². The van der Waals surface area contributed by atoms with Crippen molar-refractivity contribution in [1.82, 2.24) is 0 Å². The number of esters is 2. The number of hydrogen-bond donors (Lipinski definition) is 1. The average molecular weight is 705 g/mol. The molecular weight excluding hydrogens is 629 g/mol. The quantitative estimate of drug-likeness (QED) is 0.0228. The van der Waals surface area contributed by atoms with E-state index in [9.17, 15) is 19.0 Å². The molecular formula is C38H75NO8P+. The molecule has 1 unspecified atom stereocenters. The largest absolute Gasteiger partial charge is 0.472 e. The number of unbranched alkanes of at least 4 members (excludes halogenated alkanes) is 19. The predicted molar refractivity (Wildman–Crippen MR) is 197 cm³/mol. The minimum Gasteiger partial charge on any atom is -0.462 e. The molecule has 9 nitrogen and oxygen atoms in total. The minimum atomic E-state index is -4.36. The van der Waals surface area contributed by atoms with Gasteiger partial charge in [-0.1, -0.05) is 129 Å². The fourth-order valence-electron chi connectivity index (χ4n) is 5.18. The highest BCUT2D eigenvalue weighted by Gasteiger charge is 2.27. The molecule has 0 rings (SSSR count). The zero-order valence-corrected chi connectivity index (χ0v) is 32.6. The second kappa shape index (κ2) is 31.7. The van der Waals surface area contributed by atoms with Crippen molar-refractivity contribution in [3.63, 3.8) is 0 Å². The number of phosphoric acid groups is 1. The average Bonchev–Trinajstić information content (AvgIpc) is 3.02. The van der Waals surface area contributed by atoms with Crippen molar-refractivity contribution in [2.45, 2.75) is 174 Å². The highest BCUT2D eigenvalue weighted by Crippen LogP contribution is 2.43. The first kappa shape index (κ1) is 46.8. The Balaban J connectivity index is 4.41. The van der Waals surface area contributed by atoms with Crippen LogP contribution in [0.1, 0.15) is 168 Å². The number of hydrogen-bond acceptors (Lipinski definition) is 7. The lowest BCUT2D eigenvalue weighted by atomic mass is 10.1. The van der Waals surface area contributed by atoms with Crippen LogP contribution < -0.4 is 0 Å². The monoisotopic (exact) mass is 705 g/mol. The molecule has 0 heterocycles. The van der Waals surface area contributed by atoms with E-state index >= 15 is 0 Å². The van der Waals surface area contributed by atoms with Crippen molar-refractivity contribution in [2.24, 2.45) is 0 Å². The van der Waals surface area contributed by atoms with Gasteiger partial charge in [0.2, 0.25) is 0 Å². The summed E-state index contributed by atoms with van der Waals surface area (Å²) in [6.07, 6.45) is 29.7. The summed E-state index contributed by atoms with van der Waals surface area (Å²) >= 11 is 0. The van der Waals surface area contributed by atoms with E-state index in [0.29, 0.717) is 17.4 Å². The zero-order valence-electron chi connectivity index (χ0n) is 31.7. The fourth-order valence-corrected chi connectivity index (χ4v) is 5.93. The van der Waals surface area contributed by atoms with E-state index in [1.807, 2.05) is 21.1 Å². The van der Waals surface area contributed by atoms with Gasteiger partial charge < -0.3 is 18.9 Å². The van der Waals surface area contributed by atoms with Crippen LogP contribution in [0.15, 0.2) is 12.2 Å². The molecule has 0 fully saturated rings. The summed E-state index contributed by atoms with van der Waals surface area (Å²) in [6, 6.07) is 0. The molecule has 0 bridgehead atoms. The SMILES string of the molecule is CCCCCCC/C=C\CCCCCCCC(=O)OC[C@H](COP(=O)(O)OCC[N+](C)(C)C)OC(=O)CCCCCCCCCCCC. The summed E-state index contributed by atoms with van der Waals surface area (Å²) in [4.78, 5) is 35.1. The fraction of sp³-hybridized carbons (Fsp3) is 0.895. The molecule has 0 aliphatic heterocycles. The van der Waals surface area contributed by atoms with Crippen LogP contribution in [0, 0.1) is 0 Å². The van der Waals surface area contributed by atoms with Gasteiger partial charge in [-0.2, -0.15) is 0 Å². The predicted octanol–water partition coefficient (Wildman–Crippen LogP) is 10.2. The van der Waals surface area contributed by atoms with Crippen LogP contribution in [-0.2, 0) is 32.7 Å². The van der Waals surface area contributed by atoms with Gasteiger partial charge in [-0.05, 0) is 38.5 Å². The summed E-state index contributed by atoms with van der Waals surface area (Å²) in [5.74, 6) is -0.807. The van der Waals surface area contributed by atoms with Crippen LogP contribution in [0.4, 0.5) is 0 Å². The third-order valence-electron chi connectivity index (χ3n) is 8.30. The van der Waals surface area contributed by atoms with E-state index in [0.717, 1.165) is 51.4 Å². The topological polar surface area (TPSA) is 108 Å². The van der Waals surface area contributed by atoms with E-state index in [-0.39, 0.29) is 32.0 Å². The highest BCUT2D eigenvalue weighted by atomic mass is 31.2. The molecule has 48 heavy (non-hydrogen) atoms. The number of nitrogens with zero attached hydrogens (tertiary/aromatic N) is 1.